The van der Waals surface area contributed by atoms with Gasteiger partial charge in [0.2, 0.25) is 5.91 Å². The molecule has 2 aliphatic rings. The first-order valence-electron chi connectivity index (χ1n) is 7.21. The zero-order valence-corrected chi connectivity index (χ0v) is 12.9. The van der Waals surface area contributed by atoms with Gasteiger partial charge in [0.05, 0.1) is 6.42 Å². The van der Waals surface area contributed by atoms with Crippen LogP contribution in [0.15, 0.2) is 0 Å². The van der Waals surface area contributed by atoms with Gasteiger partial charge < -0.3 is 9.47 Å². The zero-order chi connectivity index (χ0) is 16.5. The Balaban J connectivity index is 1.98. The number of carbonyl (C=O) groups excluding carboxylic acids is 4. The van der Waals surface area contributed by atoms with Crippen LogP contribution >= 0.6 is 0 Å². The molecular formula is C14H20N2O6. The summed E-state index contributed by atoms with van der Waals surface area (Å²) < 4.78 is 10.3. The van der Waals surface area contributed by atoms with E-state index in [0.717, 1.165) is 0 Å². The summed E-state index contributed by atoms with van der Waals surface area (Å²) in [4.78, 5) is 48.1. The van der Waals surface area contributed by atoms with E-state index in [2.05, 4.69) is 5.32 Å². The molecular weight excluding hydrogens is 292 g/mol. The number of rotatable bonds is 2. The Hall–Kier alpha value is -2.12. The molecule has 22 heavy (non-hydrogen) atoms. The van der Waals surface area contributed by atoms with Gasteiger partial charge in [-0.2, -0.15) is 0 Å². The number of hydrogen-bond donors (Lipinski definition) is 1. The molecule has 122 valence electrons. The quantitative estimate of drug-likeness (QED) is 0.583. The molecule has 0 aromatic heterocycles. The summed E-state index contributed by atoms with van der Waals surface area (Å²) >= 11 is 0. The summed E-state index contributed by atoms with van der Waals surface area (Å²) in [5.41, 5.74) is -0.661. The van der Waals surface area contributed by atoms with E-state index in [4.69, 9.17) is 9.47 Å². The van der Waals surface area contributed by atoms with Crippen LogP contribution in [0.1, 0.15) is 40.0 Å². The van der Waals surface area contributed by atoms with Crippen molar-refractivity contribution in [3.63, 3.8) is 0 Å². The Morgan fingerprint density at radius 3 is 2.50 bits per heavy atom. The van der Waals surface area contributed by atoms with Crippen molar-refractivity contribution >= 4 is 23.9 Å². The maximum atomic E-state index is 12.2. The monoisotopic (exact) mass is 312 g/mol. The highest BCUT2D eigenvalue weighted by Gasteiger charge is 2.41. The van der Waals surface area contributed by atoms with E-state index in [0.29, 0.717) is 19.4 Å². The number of nitrogens with zero attached hydrogens (tertiary/aromatic N) is 1. The van der Waals surface area contributed by atoms with Gasteiger partial charge in [0.25, 0.3) is 5.91 Å². The fraction of sp³-hybridized carbons (Fsp3) is 0.714. The van der Waals surface area contributed by atoms with E-state index < -0.39 is 41.6 Å². The maximum absolute atomic E-state index is 12.2. The molecule has 0 saturated carbocycles. The number of nitrogens with one attached hydrogen (secondary N) is 1. The Morgan fingerprint density at radius 2 is 1.95 bits per heavy atom. The highest BCUT2D eigenvalue weighted by atomic mass is 16.6. The highest BCUT2D eigenvalue weighted by molar-refractivity contribution is 6.05. The van der Waals surface area contributed by atoms with Crippen molar-refractivity contribution in [3.8, 4) is 0 Å². The number of esters is 1. The van der Waals surface area contributed by atoms with E-state index >= 15 is 0 Å². The normalized spacial score (nSPS) is 25.1. The molecule has 0 aliphatic carbocycles. The molecule has 2 aliphatic heterocycles. The minimum absolute atomic E-state index is 0.177. The highest BCUT2D eigenvalue weighted by Crippen LogP contribution is 2.23. The molecule has 1 N–H and O–H groups in total. The third-order valence-electron chi connectivity index (χ3n) is 3.34. The van der Waals surface area contributed by atoms with Gasteiger partial charge in [0, 0.05) is 6.54 Å². The van der Waals surface area contributed by atoms with Crippen LogP contribution in [0.2, 0.25) is 0 Å². The van der Waals surface area contributed by atoms with Crippen molar-refractivity contribution in [2.45, 2.75) is 57.8 Å². The molecule has 8 heteroatoms. The smallest absolute Gasteiger partial charge is 0.411 e. The predicted octanol–water partition coefficient (Wildman–Crippen LogP) is 0.344. The Labute approximate surface area is 128 Å². The van der Waals surface area contributed by atoms with E-state index in [1.165, 1.54) is 4.90 Å². The van der Waals surface area contributed by atoms with Crippen LogP contribution in [0.5, 0.6) is 0 Å². The fourth-order valence-corrected chi connectivity index (χ4v) is 2.39. The minimum Gasteiger partial charge on any atom is -0.450 e. The summed E-state index contributed by atoms with van der Waals surface area (Å²) in [7, 11) is 0. The number of imide groups is 1. The van der Waals surface area contributed by atoms with Crippen LogP contribution < -0.4 is 5.32 Å². The van der Waals surface area contributed by atoms with Crippen molar-refractivity contribution in [2.24, 2.45) is 0 Å². The number of amides is 3. The van der Waals surface area contributed by atoms with Crippen LogP contribution in [-0.4, -0.2) is 53.1 Å². The zero-order valence-electron chi connectivity index (χ0n) is 12.9. The number of hydrogen-bond acceptors (Lipinski definition) is 6. The first-order chi connectivity index (χ1) is 10.2. The molecule has 2 fully saturated rings. The largest absolute Gasteiger partial charge is 0.450 e. The van der Waals surface area contributed by atoms with E-state index in [9.17, 15) is 19.2 Å². The minimum atomic E-state index is -1.11. The molecule has 8 nitrogen and oxygen atoms in total. The molecule has 2 saturated heterocycles. The second kappa shape index (κ2) is 5.94. The third-order valence-corrected chi connectivity index (χ3v) is 3.34. The number of likely N-dealkylation sites (tertiary alicyclic amines) is 1. The van der Waals surface area contributed by atoms with Crippen molar-refractivity contribution in [1.82, 2.24) is 10.2 Å². The number of carbonyl (C=O) groups is 4. The Kier molecular flexibility index (Phi) is 4.39. The van der Waals surface area contributed by atoms with Crippen LogP contribution in [0.3, 0.4) is 0 Å². The van der Waals surface area contributed by atoms with Crippen molar-refractivity contribution < 1.29 is 28.7 Å². The summed E-state index contributed by atoms with van der Waals surface area (Å²) in [5, 5.41) is 2.07. The topological polar surface area (TPSA) is 102 Å². The average molecular weight is 312 g/mol. The third kappa shape index (κ3) is 3.75. The summed E-state index contributed by atoms with van der Waals surface area (Å²) in [5.74, 6) is -1.78. The summed E-state index contributed by atoms with van der Waals surface area (Å²) in [6, 6.07) is -0.779. The van der Waals surface area contributed by atoms with E-state index in [1.807, 2.05) is 0 Å². The van der Waals surface area contributed by atoms with Crippen LogP contribution in [0, 0.1) is 0 Å². The Morgan fingerprint density at radius 1 is 1.27 bits per heavy atom. The first-order valence-corrected chi connectivity index (χ1v) is 7.21. The molecule has 3 amide bonds. The fourth-order valence-electron chi connectivity index (χ4n) is 2.39. The molecule has 0 bridgehead atoms. The van der Waals surface area contributed by atoms with E-state index in [-0.39, 0.29) is 6.42 Å². The van der Waals surface area contributed by atoms with Crippen LogP contribution in [0.25, 0.3) is 0 Å². The first kappa shape index (κ1) is 16.3. The lowest BCUT2D eigenvalue weighted by Crippen LogP contribution is -2.45. The molecule has 0 spiro atoms. The summed E-state index contributed by atoms with van der Waals surface area (Å²) in [6.45, 7) is 5.61. The van der Waals surface area contributed by atoms with Crippen molar-refractivity contribution in [3.05, 3.63) is 0 Å². The molecule has 0 unspecified atom stereocenters. The predicted molar refractivity (Wildman–Crippen MR) is 73.6 cm³/mol. The lowest BCUT2D eigenvalue weighted by Gasteiger charge is -2.27. The standard InChI is InChI=1S/C14H20N2O6/c1-14(2,3)22-13(20)16-6-4-5-8(16)12(19)21-9-7-10(17)15-11(9)18/h8-9H,4-7H2,1-3H3,(H,15,17,18)/t8-,9-/m1/s1. The number of ether oxygens (including phenoxy) is 2. The second-order valence-corrected chi connectivity index (χ2v) is 6.37. The van der Waals surface area contributed by atoms with Crippen molar-refractivity contribution in [1.29, 1.82) is 0 Å². The average Bonchev–Trinajstić information content (AvgIpc) is 2.94. The van der Waals surface area contributed by atoms with Crippen molar-refractivity contribution in [2.75, 3.05) is 6.54 Å². The van der Waals surface area contributed by atoms with E-state index in [1.54, 1.807) is 20.8 Å². The molecule has 0 aromatic carbocycles. The van der Waals surface area contributed by atoms with Crippen LogP contribution in [-0.2, 0) is 23.9 Å². The van der Waals surface area contributed by atoms with Gasteiger partial charge in [-0.25, -0.2) is 9.59 Å². The molecule has 0 aromatic rings. The SMILES string of the molecule is CC(C)(C)OC(=O)N1CCC[C@@H]1C(=O)O[C@@H]1CC(=O)NC1=O. The molecule has 2 heterocycles. The van der Waals surface area contributed by atoms with Gasteiger partial charge in [-0.15, -0.1) is 0 Å². The van der Waals surface area contributed by atoms with Crippen LogP contribution in [0.4, 0.5) is 4.79 Å². The maximum Gasteiger partial charge on any atom is 0.411 e. The molecule has 0 radical (unpaired) electrons. The molecule has 2 rings (SSSR count). The Bertz CT molecular complexity index is 510. The van der Waals surface area contributed by atoms with Gasteiger partial charge in [-0.05, 0) is 33.6 Å². The van der Waals surface area contributed by atoms with Gasteiger partial charge in [-0.1, -0.05) is 0 Å². The van der Waals surface area contributed by atoms with Gasteiger partial charge in [0.15, 0.2) is 6.10 Å². The second-order valence-electron chi connectivity index (χ2n) is 6.37. The lowest BCUT2D eigenvalue weighted by atomic mass is 10.2. The summed E-state index contributed by atoms with van der Waals surface area (Å²) in [6.07, 6.45) is -0.779. The molecule has 2 atom stereocenters. The van der Waals surface area contributed by atoms with Gasteiger partial charge >= 0.3 is 12.1 Å². The lowest BCUT2D eigenvalue weighted by molar-refractivity contribution is -0.158. The van der Waals surface area contributed by atoms with Gasteiger partial charge in [-0.3, -0.25) is 19.8 Å². The van der Waals surface area contributed by atoms with Gasteiger partial charge in [0.1, 0.15) is 11.6 Å².